The normalized spacial score (nSPS) is 17.9. The van der Waals surface area contributed by atoms with Crippen molar-refractivity contribution >= 4 is 49.1 Å². The third kappa shape index (κ3) is 4.64. The molecule has 180 valence electrons. The molecule has 0 saturated carbocycles. The number of allylic oxidation sites excluding steroid dienone is 1. The predicted molar refractivity (Wildman–Crippen MR) is 138 cm³/mol. The van der Waals surface area contributed by atoms with Crippen LogP contribution in [0.5, 0.6) is 0 Å². The Morgan fingerprint density at radius 1 is 1.24 bits per heavy atom. The minimum absolute atomic E-state index is 0.0280. The van der Waals surface area contributed by atoms with Gasteiger partial charge in [-0.3, -0.25) is 4.79 Å². The SMILES string of the molecule is C=CCn1c(=NC(=O)c2ccc(S(=O)(=O)N3CCCCC3CC)cc2)sc2ccc(Cl)c(C)c21. The van der Waals surface area contributed by atoms with Crippen LogP contribution < -0.4 is 4.80 Å². The number of hydrogen-bond donors (Lipinski definition) is 0. The molecule has 1 aromatic heterocycles. The van der Waals surface area contributed by atoms with E-state index in [-0.39, 0.29) is 10.9 Å². The Hall–Kier alpha value is -2.26. The summed E-state index contributed by atoms with van der Waals surface area (Å²) in [6.45, 7) is 8.80. The van der Waals surface area contributed by atoms with Gasteiger partial charge in [-0.25, -0.2) is 8.42 Å². The fourth-order valence-electron chi connectivity index (χ4n) is 4.45. The van der Waals surface area contributed by atoms with Gasteiger partial charge in [-0.15, -0.1) is 6.58 Å². The quantitative estimate of drug-likeness (QED) is 0.403. The highest BCUT2D eigenvalue weighted by Gasteiger charge is 2.32. The van der Waals surface area contributed by atoms with Crippen LogP contribution in [0, 0.1) is 6.92 Å². The first-order valence-electron chi connectivity index (χ1n) is 11.4. The number of amides is 1. The topological polar surface area (TPSA) is 71.7 Å². The van der Waals surface area contributed by atoms with E-state index < -0.39 is 15.9 Å². The van der Waals surface area contributed by atoms with Gasteiger partial charge in [-0.2, -0.15) is 9.30 Å². The molecule has 1 amide bonds. The lowest BCUT2D eigenvalue weighted by Crippen LogP contribution is -2.43. The van der Waals surface area contributed by atoms with E-state index in [2.05, 4.69) is 11.6 Å². The number of carbonyl (C=O) groups is 1. The second kappa shape index (κ2) is 10.2. The molecule has 0 radical (unpaired) electrons. The summed E-state index contributed by atoms with van der Waals surface area (Å²) >= 11 is 7.72. The molecule has 0 aliphatic carbocycles. The molecule has 1 aliphatic rings. The average Bonchev–Trinajstić information content (AvgIpc) is 3.19. The molecule has 2 aromatic carbocycles. The van der Waals surface area contributed by atoms with Gasteiger partial charge < -0.3 is 4.57 Å². The summed E-state index contributed by atoms with van der Waals surface area (Å²) in [4.78, 5) is 18.1. The van der Waals surface area contributed by atoms with Crippen molar-refractivity contribution in [3.8, 4) is 0 Å². The minimum Gasteiger partial charge on any atom is -0.312 e. The summed E-state index contributed by atoms with van der Waals surface area (Å²) in [5.41, 5.74) is 2.18. The first-order chi connectivity index (χ1) is 16.3. The van der Waals surface area contributed by atoms with Crippen molar-refractivity contribution in [1.29, 1.82) is 0 Å². The summed E-state index contributed by atoms with van der Waals surface area (Å²) in [7, 11) is -3.60. The Balaban J connectivity index is 1.67. The van der Waals surface area contributed by atoms with Gasteiger partial charge in [0.05, 0.1) is 15.1 Å². The van der Waals surface area contributed by atoms with E-state index in [1.807, 2.05) is 30.5 Å². The van der Waals surface area contributed by atoms with E-state index in [9.17, 15) is 13.2 Å². The Labute approximate surface area is 209 Å². The Morgan fingerprint density at radius 2 is 1.97 bits per heavy atom. The van der Waals surface area contributed by atoms with E-state index in [1.165, 1.54) is 35.6 Å². The minimum atomic E-state index is -3.60. The molecule has 1 aliphatic heterocycles. The molecule has 1 saturated heterocycles. The second-order valence-corrected chi connectivity index (χ2v) is 11.7. The zero-order chi connectivity index (χ0) is 24.5. The Kier molecular flexibility index (Phi) is 7.42. The van der Waals surface area contributed by atoms with E-state index in [4.69, 9.17) is 11.6 Å². The highest BCUT2D eigenvalue weighted by molar-refractivity contribution is 7.89. The maximum absolute atomic E-state index is 13.2. The van der Waals surface area contributed by atoms with E-state index in [0.29, 0.717) is 28.5 Å². The predicted octanol–water partition coefficient (Wildman–Crippen LogP) is 5.54. The first-order valence-corrected chi connectivity index (χ1v) is 14.0. The lowest BCUT2D eigenvalue weighted by Gasteiger charge is -2.34. The third-order valence-electron chi connectivity index (χ3n) is 6.29. The number of sulfonamides is 1. The van der Waals surface area contributed by atoms with Crippen LogP contribution >= 0.6 is 22.9 Å². The molecule has 0 N–H and O–H groups in total. The van der Waals surface area contributed by atoms with Gasteiger partial charge in [0, 0.05) is 29.7 Å². The highest BCUT2D eigenvalue weighted by atomic mass is 35.5. The average molecular weight is 518 g/mol. The molecule has 1 unspecified atom stereocenters. The van der Waals surface area contributed by atoms with Crippen molar-refractivity contribution in [2.75, 3.05) is 6.54 Å². The van der Waals surface area contributed by atoms with E-state index >= 15 is 0 Å². The molecule has 34 heavy (non-hydrogen) atoms. The number of nitrogens with zero attached hydrogens (tertiary/aromatic N) is 3. The fraction of sp³-hybridized carbons (Fsp3) is 0.360. The van der Waals surface area contributed by atoms with Gasteiger partial charge in [0.15, 0.2) is 4.80 Å². The number of hydrogen-bond acceptors (Lipinski definition) is 4. The van der Waals surface area contributed by atoms with Gasteiger partial charge in [0.1, 0.15) is 0 Å². The van der Waals surface area contributed by atoms with Gasteiger partial charge >= 0.3 is 0 Å². The fourth-order valence-corrected chi connectivity index (χ4v) is 7.47. The van der Waals surface area contributed by atoms with Crippen LogP contribution in [0.25, 0.3) is 10.2 Å². The molecule has 1 atom stereocenters. The van der Waals surface area contributed by atoms with Crippen LogP contribution in [-0.4, -0.2) is 35.8 Å². The molecular formula is C25H28ClN3O3S2. The van der Waals surface area contributed by atoms with Crippen molar-refractivity contribution in [2.45, 2.75) is 57.0 Å². The van der Waals surface area contributed by atoms with Crippen molar-refractivity contribution < 1.29 is 13.2 Å². The maximum atomic E-state index is 13.2. The molecule has 2 heterocycles. The standard InChI is InChI=1S/C25H28ClN3O3S2/c1-4-15-28-23-17(3)21(26)13-14-22(23)33-25(28)27-24(30)18-9-11-20(12-10-18)34(31,32)29-16-7-6-8-19(29)5-2/h4,9-14,19H,1,5-8,15-16H2,2-3H3. The van der Waals surface area contributed by atoms with E-state index in [1.54, 1.807) is 10.4 Å². The van der Waals surface area contributed by atoms with E-state index in [0.717, 1.165) is 41.5 Å². The molecule has 4 rings (SSSR count). The number of carbonyl (C=O) groups excluding carboxylic acids is 1. The number of aromatic nitrogens is 1. The Bertz CT molecular complexity index is 1410. The number of benzene rings is 2. The summed E-state index contributed by atoms with van der Waals surface area (Å²) < 4.78 is 30.9. The Morgan fingerprint density at radius 3 is 2.65 bits per heavy atom. The lowest BCUT2D eigenvalue weighted by molar-refractivity contribution is 0.0997. The van der Waals surface area contributed by atoms with Crippen LogP contribution in [0.4, 0.5) is 0 Å². The molecule has 0 spiro atoms. The van der Waals surface area contributed by atoms with Crippen LogP contribution in [0.15, 0.2) is 58.9 Å². The first kappa shape index (κ1) is 24.9. The smallest absolute Gasteiger partial charge is 0.279 e. The molecule has 0 bridgehead atoms. The van der Waals surface area contributed by atoms with Crippen LogP contribution in [0.1, 0.15) is 48.5 Å². The van der Waals surface area contributed by atoms with Gasteiger partial charge in [-0.1, -0.05) is 42.4 Å². The molecular weight excluding hydrogens is 490 g/mol. The molecule has 9 heteroatoms. The number of thiazole rings is 1. The molecule has 1 fully saturated rings. The maximum Gasteiger partial charge on any atom is 0.279 e. The zero-order valence-electron chi connectivity index (χ0n) is 19.3. The van der Waals surface area contributed by atoms with Crippen molar-refractivity contribution in [3.05, 3.63) is 70.0 Å². The summed E-state index contributed by atoms with van der Waals surface area (Å²) in [5, 5.41) is 0.650. The molecule has 3 aromatic rings. The number of aryl methyl sites for hydroxylation is 1. The second-order valence-electron chi connectivity index (χ2n) is 8.42. The number of halogens is 1. The number of rotatable bonds is 6. The summed E-state index contributed by atoms with van der Waals surface area (Å²) in [6.07, 6.45) is 5.35. The van der Waals surface area contributed by atoms with Crippen molar-refractivity contribution in [3.63, 3.8) is 0 Å². The largest absolute Gasteiger partial charge is 0.312 e. The summed E-state index contributed by atoms with van der Waals surface area (Å²) in [6, 6.07) is 9.87. The summed E-state index contributed by atoms with van der Waals surface area (Å²) in [5.74, 6) is -0.429. The van der Waals surface area contributed by atoms with Crippen LogP contribution in [0.3, 0.4) is 0 Å². The van der Waals surface area contributed by atoms with Gasteiger partial charge in [0.2, 0.25) is 10.0 Å². The highest BCUT2D eigenvalue weighted by Crippen LogP contribution is 2.28. The van der Waals surface area contributed by atoms with Gasteiger partial charge in [0.25, 0.3) is 5.91 Å². The van der Waals surface area contributed by atoms with Crippen LogP contribution in [-0.2, 0) is 16.6 Å². The zero-order valence-corrected chi connectivity index (χ0v) is 21.7. The van der Waals surface area contributed by atoms with Crippen LogP contribution in [0.2, 0.25) is 5.02 Å². The number of fused-ring (bicyclic) bond motifs is 1. The monoisotopic (exact) mass is 517 g/mol. The van der Waals surface area contributed by atoms with Gasteiger partial charge in [-0.05, 0) is 68.1 Å². The lowest BCUT2D eigenvalue weighted by atomic mass is 10.0. The number of piperidine rings is 1. The third-order valence-corrected chi connectivity index (χ3v) is 9.71. The molecule has 6 nitrogen and oxygen atoms in total. The van der Waals surface area contributed by atoms with Crippen molar-refractivity contribution in [2.24, 2.45) is 4.99 Å². The van der Waals surface area contributed by atoms with Crippen molar-refractivity contribution in [1.82, 2.24) is 8.87 Å².